The minimum absolute atomic E-state index is 0.00919. The van der Waals surface area contributed by atoms with Crippen molar-refractivity contribution in [2.24, 2.45) is 0 Å². The van der Waals surface area contributed by atoms with Crippen LogP contribution in [0.1, 0.15) is 10.4 Å². The highest BCUT2D eigenvalue weighted by Gasteiger charge is 2.26. The fourth-order valence-corrected chi connectivity index (χ4v) is 2.91. The van der Waals surface area contributed by atoms with Crippen molar-refractivity contribution in [2.75, 3.05) is 12.3 Å². The van der Waals surface area contributed by atoms with Crippen LogP contribution in [0.15, 0.2) is 18.2 Å². The zero-order valence-electron chi connectivity index (χ0n) is 8.96. The molecule has 0 radical (unpaired) electrons. The molecule has 1 aromatic carbocycles. The van der Waals surface area contributed by atoms with Crippen molar-refractivity contribution in [1.82, 2.24) is 4.90 Å². The van der Waals surface area contributed by atoms with Crippen LogP contribution in [0.2, 0.25) is 5.02 Å². The number of rotatable bonds is 2. The zero-order valence-corrected chi connectivity index (χ0v) is 11.3. The average molecular weight is 303 g/mol. The second-order valence-electron chi connectivity index (χ2n) is 3.49. The Morgan fingerprint density at radius 2 is 2.28 bits per heavy atom. The fourth-order valence-electron chi connectivity index (χ4n) is 1.52. The topological polar surface area (TPSA) is 63.4 Å². The number of thiocarbonyl (C=S) groups is 1. The van der Waals surface area contributed by atoms with E-state index in [9.17, 15) is 14.9 Å². The molecule has 0 aliphatic carbocycles. The van der Waals surface area contributed by atoms with Crippen LogP contribution >= 0.6 is 35.6 Å². The molecule has 0 spiro atoms. The van der Waals surface area contributed by atoms with Crippen molar-refractivity contribution in [3.05, 3.63) is 38.9 Å². The molecule has 0 saturated carbocycles. The third-order valence-electron chi connectivity index (χ3n) is 2.40. The molecule has 1 aliphatic rings. The molecule has 94 valence electrons. The van der Waals surface area contributed by atoms with Gasteiger partial charge in [-0.25, -0.2) is 0 Å². The number of nitrogens with zero attached hydrogens (tertiary/aromatic N) is 2. The normalized spacial score (nSPS) is 14.9. The van der Waals surface area contributed by atoms with E-state index in [1.807, 2.05) is 0 Å². The van der Waals surface area contributed by atoms with Crippen molar-refractivity contribution < 1.29 is 9.72 Å². The summed E-state index contributed by atoms with van der Waals surface area (Å²) in [5.74, 6) is 0.421. The number of benzene rings is 1. The van der Waals surface area contributed by atoms with Crippen LogP contribution in [0, 0.1) is 10.1 Å². The summed E-state index contributed by atoms with van der Waals surface area (Å²) in [6.07, 6.45) is 0. The molecule has 5 nitrogen and oxygen atoms in total. The lowest BCUT2D eigenvalue weighted by Gasteiger charge is -2.14. The molecule has 1 aromatic rings. The number of hydrogen-bond donors (Lipinski definition) is 0. The van der Waals surface area contributed by atoms with E-state index in [1.165, 1.54) is 34.9 Å². The van der Waals surface area contributed by atoms with Crippen molar-refractivity contribution in [2.45, 2.75) is 0 Å². The van der Waals surface area contributed by atoms with Gasteiger partial charge in [-0.2, -0.15) is 0 Å². The van der Waals surface area contributed by atoms with Crippen LogP contribution in [0.4, 0.5) is 5.69 Å². The maximum absolute atomic E-state index is 12.1. The lowest BCUT2D eigenvalue weighted by atomic mass is 10.2. The SMILES string of the molecule is O=C(c1ccc(Cl)c([N+](=O)[O-])c1)N1CCSC1=S. The van der Waals surface area contributed by atoms with Gasteiger partial charge in [0.05, 0.1) is 4.92 Å². The molecular weight excluding hydrogens is 296 g/mol. The zero-order chi connectivity index (χ0) is 13.3. The Morgan fingerprint density at radius 3 is 2.83 bits per heavy atom. The van der Waals surface area contributed by atoms with Crippen molar-refractivity contribution in [1.29, 1.82) is 0 Å². The van der Waals surface area contributed by atoms with Crippen molar-refractivity contribution in [3.8, 4) is 0 Å². The van der Waals surface area contributed by atoms with Gasteiger partial charge in [0.1, 0.15) is 9.34 Å². The molecule has 8 heteroatoms. The highest BCUT2D eigenvalue weighted by molar-refractivity contribution is 8.23. The van der Waals surface area contributed by atoms with Gasteiger partial charge in [-0.1, -0.05) is 35.6 Å². The maximum Gasteiger partial charge on any atom is 0.288 e. The van der Waals surface area contributed by atoms with Crippen molar-refractivity contribution in [3.63, 3.8) is 0 Å². The van der Waals surface area contributed by atoms with Crippen LogP contribution < -0.4 is 0 Å². The van der Waals surface area contributed by atoms with E-state index in [-0.39, 0.29) is 22.2 Å². The van der Waals surface area contributed by atoms with Crippen LogP contribution in [0.3, 0.4) is 0 Å². The van der Waals surface area contributed by atoms with E-state index >= 15 is 0 Å². The Morgan fingerprint density at radius 1 is 1.56 bits per heavy atom. The van der Waals surface area contributed by atoms with Crippen LogP contribution in [0.25, 0.3) is 0 Å². The Kier molecular flexibility index (Phi) is 3.84. The van der Waals surface area contributed by atoms with E-state index in [2.05, 4.69) is 0 Å². The van der Waals surface area contributed by atoms with E-state index in [0.717, 1.165) is 5.75 Å². The first-order valence-corrected chi connectivity index (χ1v) is 6.70. The number of carbonyl (C=O) groups is 1. The van der Waals surface area contributed by atoms with Crippen LogP contribution in [-0.2, 0) is 0 Å². The molecule has 1 fully saturated rings. The minimum atomic E-state index is -0.615. The first-order valence-electron chi connectivity index (χ1n) is 4.93. The van der Waals surface area contributed by atoms with Gasteiger partial charge in [-0.05, 0) is 12.1 Å². The number of nitro benzene ring substituents is 1. The molecule has 1 aliphatic heterocycles. The molecule has 0 unspecified atom stereocenters. The Bertz CT molecular complexity index is 550. The first kappa shape index (κ1) is 13.3. The highest BCUT2D eigenvalue weighted by atomic mass is 35.5. The Balaban J connectivity index is 2.34. The quantitative estimate of drug-likeness (QED) is 0.477. The first-order chi connectivity index (χ1) is 8.50. The predicted molar refractivity (Wildman–Crippen MR) is 74.2 cm³/mol. The van der Waals surface area contributed by atoms with E-state index in [1.54, 1.807) is 0 Å². The van der Waals surface area contributed by atoms with Gasteiger partial charge in [-0.15, -0.1) is 0 Å². The van der Waals surface area contributed by atoms with E-state index in [0.29, 0.717) is 10.9 Å². The number of hydrogen-bond acceptors (Lipinski definition) is 5. The van der Waals surface area contributed by atoms with E-state index in [4.69, 9.17) is 23.8 Å². The fraction of sp³-hybridized carbons (Fsp3) is 0.200. The molecule has 18 heavy (non-hydrogen) atoms. The molecule has 1 amide bonds. The number of nitro groups is 1. The Hall–Kier alpha value is -1.18. The predicted octanol–water partition coefficient (Wildman–Crippen LogP) is 2.72. The van der Waals surface area contributed by atoms with Crippen LogP contribution in [0.5, 0.6) is 0 Å². The largest absolute Gasteiger partial charge is 0.293 e. The average Bonchev–Trinajstić information content (AvgIpc) is 2.75. The number of halogens is 1. The molecule has 0 atom stereocenters. The summed E-state index contributed by atoms with van der Waals surface area (Å²) in [5, 5.41) is 10.8. The second kappa shape index (κ2) is 5.21. The molecule has 1 saturated heterocycles. The lowest BCUT2D eigenvalue weighted by Crippen LogP contribution is -2.30. The molecular formula is C10H7ClN2O3S2. The summed E-state index contributed by atoms with van der Waals surface area (Å²) >= 11 is 12.1. The third kappa shape index (κ3) is 2.47. The Labute approximate surface area is 117 Å². The van der Waals surface area contributed by atoms with Gasteiger partial charge >= 0.3 is 0 Å². The smallest absolute Gasteiger partial charge is 0.288 e. The van der Waals surface area contributed by atoms with E-state index < -0.39 is 4.92 Å². The number of amides is 1. The summed E-state index contributed by atoms with van der Waals surface area (Å²) in [6, 6.07) is 3.98. The summed E-state index contributed by atoms with van der Waals surface area (Å²) in [6.45, 7) is 0.527. The van der Waals surface area contributed by atoms with Gasteiger partial charge in [-0.3, -0.25) is 19.8 Å². The summed E-state index contributed by atoms with van der Waals surface area (Å²) in [7, 11) is 0. The molecule has 0 aromatic heterocycles. The van der Waals surface area contributed by atoms with Gasteiger partial charge in [0.25, 0.3) is 11.6 Å². The standard InChI is InChI=1S/C10H7ClN2O3S2/c11-7-2-1-6(5-8(7)13(15)16)9(14)12-3-4-18-10(12)17/h1-2,5H,3-4H2. The molecule has 0 N–H and O–H groups in total. The molecule has 0 bridgehead atoms. The van der Waals surface area contributed by atoms with Crippen molar-refractivity contribution >= 4 is 51.5 Å². The monoisotopic (exact) mass is 302 g/mol. The third-order valence-corrected chi connectivity index (χ3v) is 4.14. The van der Waals surface area contributed by atoms with Crippen LogP contribution in [-0.4, -0.2) is 32.3 Å². The minimum Gasteiger partial charge on any atom is -0.293 e. The number of thioether (sulfide) groups is 1. The van der Waals surface area contributed by atoms with Gasteiger partial charge < -0.3 is 0 Å². The molecule has 1 heterocycles. The number of carbonyl (C=O) groups excluding carboxylic acids is 1. The molecule has 2 rings (SSSR count). The summed E-state index contributed by atoms with van der Waals surface area (Å²) < 4.78 is 0.498. The summed E-state index contributed by atoms with van der Waals surface area (Å²) in [4.78, 5) is 23.7. The maximum atomic E-state index is 12.1. The summed E-state index contributed by atoms with van der Waals surface area (Å²) in [5.41, 5.74) is -0.0590. The van der Waals surface area contributed by atoms with Gasteiger partial charge in [0.15, 0.2) is 0 Å². The lowest BCUT2D eigenvalue weighted by molar-refractivity contribution is -0.384. The second-order valence-corrected chi connectivity index (χ2v) is 5.63. The van der Waals surface area contributed by atoms with Gasteiger partial charge in [0, 0.05) is 23.9 Å². The highest BCUT2D eigenvalue weighted by Crippen LogP contribution is 2.27. The van der Waals surface area contributed by atoms with Gasteiger partial charge in [0.2, 0.25) is 0 Å².